The number of hydrogen-bond donors (Lipinski definition) is 0. The van der Waals surface area contributed by atoms with Gasteiger partial charge >= 0.3 is 0 Å². The third kappa shape index (κ3) is 2.65. The molecule has 1 fully saturated rings. The molecule has 20 heavy (non-hydrogen) atoms. The van der Waals surface area contributed by atoms with E-state index in [-0.39, 0.29) is 12.8 Å². The molecule has 0 aromatic carbocycles. The van der Waals surface area contributed by atoms with E-state index in [1.54, 1.807) is 0 Å². The van der Waals surface area contributed by atoms with Crippen molar-refractivity contribution in [3.63, 3.8) is 0 Å². The average molecular weight is 296 g/mol. The summed E-state index contributed by atoms with van der Waals surface area (Å²) in [6.45, 7) is 0. The van der Waals surface area contributed by atoms with Gasteiger partial charge in [0.25, 0.3) is 0 Å². The zero-order valence-electron chi connectivity index (χ0n) is 10.7. The summed E-state index contributed by atoms with van der Waals surface area (Å²) in [4.78, 5) is 0. The fourth-order valence-electron chi connectivity index (χ4n) is 2.82. The van der Waals surface area contributed by atoms with Gasteiger partial charge in [0.05, 0.1) is 0 Å². The maximum absolute atomic E-state index is 13.9. The normalized spacial score (nSPS) is 29.7. The van der Waals surface area contributed by atoms with Crippen molar-refractivity contribution in [2.75, 3.05) is 0 Å². The van der Waals surface area contributed by atoms with Crippen LogP contribution in [0, 0.1) is 11.8 Å². The van der Waals surface area contributed by atoms with Crippen LogP contribution in [0.5, 0.6) is 0 Å². The summed E-state index contributed by atoms with van der Waals surface area (Å²) in [5, 5.41) is 0. The molecule has 6 heteroatoms. The average Bonchev–Trinajstić information content (AvgIpc) is 2.42. The number of fused-ring (bicyclic) bond motifs is 1. The van der Waals surface area contributed by atoms with Gasteiger partial charge < -0.3 is 0 Å². The molecule has 0 aromatic heterocycles. The molecular weight excluding hydrogens is 282 g/mol. The molecule has 0 bridgehead atoms. The van der Waals surface area contributed by atoms with Gasteiger partial charge in [0.1, 0.15) is 11.7 Å². The highest BCUT2D eigenvalue weighted by Gasteiger charge is 2.38. The van der Waals surface area contributed by atoms with Crippen molar-refractivity contribution in [2.45, 2.75) is 38.5 Å². The van der Waals surface area contributed by atoms with E-state index in [1.807, 2.05) is 0 Å². The van der Waals surface area contributed by atoms with Gasteiger partial charge in [-0.1, -0.05) is 25.7 Å². The van der Waals surface area contributed by atoms with Crippen LogP contribution >= 0.6 is 0 Å². The molecule has 0 aromatic rings. The van der Waals surface area contributed by atoms with Gasteiger partial charge in [0.15, 0.2) is 23.3 Å². The van der Waals surface area contributed by atoms with Crippen molar-refractivity contribution in [1.82, 2.24) is 0 Å². The Morgan fingerprint density at radius 2 is 0.850 bits per heavy atom. The zero-order chi connectivity index (χ0) is 14.9. The predicted octanol–water partition coefficient (Wildman–Crippen LogP) is 6.04. The third-order valence-electron chi connectivity index (χ3n) is 3.91. The van der Waals surface area contributed by atoms with Gasteiger partial charge in [0.2, 0.25) is 0 Å². The first-order valence-corrected chi connectivity index (χ1v) is 6.61. The Morgan fingerprint density at radius 1 is 0.500 bits per heavy atom. The molecule has 1 saturated carbocycles. The van der Waals surface area contributed by atoms with Crippen LogP contribution in [0.1, 0.15) is 38.5 Å². The summed E-state index contributed by atoms with van der Waals surface area (Å²) in [6.07, 6.45) is 2.70. The minimum absolute atomic E-state index is 0.0829. The van der Waals surface area contributed by atoms with Gasteiger partial charge in [-0.05, 0) is 12.8 Å². The number of halogens is 6. The second kappa shape index (κ2) is 6.06. The highest BCUT2D eigenvalue weighted by atomic mass is 19.2. The maximum Gasteiger partial charge on any atom is 0.200 e. The van der Waals surface area contributed by atoms with Crippen molar-refractivity contribution in [3.05, 3.63) is 35.0 Å². The van der Waals surface area contributed by atoms with E-state index < -0.39 is 46.8 Å². The largest absolute Gasteiger partial charge is 0.208 e. The Hall–Kier alpha value is -1.20. The standard InChI is InChI=1S/C14H14F6/c15-9-7-5-3-1-2-4-6-8(7)10(16)12(18)14(20)13(19)11(9)17/h7-8H,1-6H2. The first-order valence-electron chi connectivity index (χ1n) is 6.61. The Balaban J connectivity index is 2.57. The molecule has 0 amide bonds. The van der Waals surface area contributed by atoms with Gasteiger partial charge in [0, 0.05) is 11.8 Å². The summed E-state index contributed by atoms with van der Waals surface area (Å²) in [5.41, 5.74) is 0. The Labute approximate surface area is 112 Å². The molecule has 0 spiro atoms. The van der Waals surface area contributed by atoms with Gasteiger partial charge in [-0.25, -0.2) is 26.3 Å². The van der Waals surface area contributed by atoms with Crippen LogP contribution in [0.15, 0.2) is 35.0 Å². The minimum Gasteiger partial charge on any atom is -0.208 e. The van der Waals surface area contributed by atoms with Crippen LogP contribution < -0.4 is 0 Å². The summed E-state index contributed by atoms with van der Waals surface area (Å²) >= 11 is 0. The van der Waals surface area contributed by atoms with Gasteiger partial charge in [-0.15, -0.1) is 0 Å². The zero-order valence-corrected chi connectivity index (χ0v) is 10.7. The van der Waals surface area contributed by atoms with E-state index in [4.69, 9.17) is 0 Å². The summed E-state index contributed by atoms with van der Waals surface area (Å²) in [7, 11) is 0. The SMILES string of the molecule is FC1=C(F)C(F)=C(F)C2CCCCCCC2C(F)=C1F. The van der Waals surface area contributed by atoms with Crippen LogP contribution in [0.3, 0.4) is 0 Å². The quantitative estimate of drug-likeness (QED) is 0.478. The summed E-state index contributed by atoms with van der Waals surface area (Å²) < 4.78 is 81.3. The number of allylic oxidation sites excluding steroid dienone is 6. The van der Waals surface area contributed by atoms with Crippen LogP contribution in [0.2, 0.25) is 0 Å². The molecule has 0 nitrogen and oxygen atoms in total. The monoisotopic (exact) mass is 296 g/mol. The van der Waals surface area contributed by atoms with E-state index in [0.29, 0.717) is 12.8 Å². The third-order valence-corrected chi connectivity index (χ3v) is 3.91. The van der Waals surface area contributed by atoms with Crippen molar-refractivity contribution < 1.29 is 26.3 Å². The van der Waals surface area contributed by atoms with E-state index >= 15 is 0 Å². The highest BCUT2D eigenvalue weighted by Crippen LogP contribution is 2.45. The van der Waals surface area contributed by atoms with Gasteiger partial charge in [-0.3, -0.25) is 0 Å². The van der Waals surface area contributed by atoms with Crippen LogP contribution in [0.4, 0.5) is 26.3 Å². The summed E-state index contributed by atoms with van der Waals surface area (Å²) in [5.74, 6) is -14.3. The Kier molecular flexibility index (Phi) is 4.60. The Morgan fingerprint density at radius 3 is 1.20 bits per heavy atom. The second-order valence-electron chi connectivity index (χ2n) is 5.16. The van der Waals surface area contributed by atoms with E-state index in [2.05, 4.69) is 0 Å². The molecule has 2 aliphatic rings. The first kappa shape index (κ1) is 15.2. The van der Waals surface area contributed by atoms with E-state index in [9.17, 15) is 26.3 Å². The van der Waals surface area contributed by atoms with Crippen molar-refractivity contribution in [3.8, 4) is 0 Å². The smallest absolute Gasteiger partial charge is 0.200 e. The van der Waals surface area contributed by atoms with Crippen LogP contribution in [-0.2, 0) is 0 Å². The lowest BCUT2D eigenvalue weighted by Crippen LogP contribution is -2.21. The summed E-state index contributed by atoms with van der Waals surface area (Å²) in [6, 6.07) is 0. The molecule has 0 heterocycles. The van der Waals surface area contributed by atoms with E-state index in [1.165, 1.54) is 0 Å². The molecule has 112 valence electrons. The van der Waals surface area contributed by atoms with Crippen LogP contribution in [0.25, 0.3) is 0 Å². The predicted molar refractivity (Wildman–Crippen MR) is 62.4 cm³/mol. The molecule has 0 radical (unpaired) electrons. The fourth-order valence-corrected chi connectivity index (χ4v) is 2.82. The van der Waals surface area contributed by atoms with Gasteiger partial charge in [-0.2, -0.15) is 0 Å². The number of rotatable bonds is 0. The molecule has 2 atom stereocenters. The molecule has 0 saturated heterocycles. The lowest BCUT2D eigenvalue weighted by atomic mass is 9.79. The fraction of sp³-hybridized carbons (Fsp3) is 0.571. The van der Waals surface area contributed by atoms with Crippen molar-refractivity contribution in [2.24, 2.45) is 11.8 Å². The van der Waals surface area contributed by atoms with Crippen LogP contribution in [-0.4, -0.2) is 0 Å². The second-order valence-corrected chi connectivity index (χ2v) is 5.16. The lowest BCUT2D eigenvalue weighted by molar-refractivity contribution is 0.240. The molecule has 2 aliphatic carbocycles. The molecular formula is C14H14F6. The Bertz CT molecular complexity index is 444. The lowest BCUT2D eigenvalue weighted by Gasteiger charge is -2.28. The molecule has 0 N–H and O–H groups in total. The number of hydrogen-bond acceptors (Lipinski definition) is 0. The van der Waals surface area contributed by atoms with Crippen molar-refractivity contribution in [1.29, 1.82) is 0 Å². The molecule has 2 unspecified atom stereocenters. The molecule has 0 aliphatic heterocycles. The van der Waals surface area contributed by atoms with E-state index in [0.717, 1.165) is 12.8 Å². The maximum atomic E-state index is 13.9. The molecule has 2 rings (SSSR count). The first-order chi connectivity index (χ1) is 9.45. The van der Waals surface area contributed by atoms with Crippen molar-refractivity contribution >= 4 is 0 Å². The highest BCUT2D eigenvalue weighted by molar-refractivity contribution is 5.37. The topological polar surface area (TPSA) is 0 Å². The minimum atomic E-state index is -2.31.